The second kappa shape index (κ2) is 7.58. The highest BCUT2D eigenvalue weighted by molar-refractivity contribution is 5.92. The lowest BCUT2D eigenvalue weighted by molar-refractivity contribution is -0.114. The first-order valence-electron chi connectivity index (χ1n) is 8.66. The Morgan fingerprint density at radius 2 is 1.85 bits per heavy atom. The van der Waals surface area contributed by atoms with Crippen LogP contribution in [0, 0.1) is 6.92 Å². The number of carbonyl (C=O) groups excluding carboxylic acids is 1. The number of hydrogen-bond acceptors (Lipinski definition) is 5. The number of pyridine rings is 3. The van der Waals surface area contributed by atoms with E-state index in [1.165, 1.54) is 6.92 Å². The summed E-state index contributed by atoms with van der Waals surface area (Å²) in [6.45, 7) is 5.47. The van der Waals surface area contributed by atoms with E-state index in [1.807, 2.05) is 26.0 Å². The molecule has 3 heterocycles. The zero-order chi connectivity index (χ0) is 18.7. The Labute approximate surface area is 152 Å². The van der Waals surface area contributed by atoms with Crippen LogP contribution < -0.4 is 5.32 Å². The lowest BCUT2D eigenvalue weighted by Crippen LogP contribution is -2.07. The second-order valence-corrected chi connectivity index (χ2v) is 6.40. The average molecular weight is 350 g/mol. The standard InChI is InChI=1S/C20H22N4O2/c1-4-5-19(26)18-6-12(2)16(11-22-18)17-7-14-10-23-20(24-13(3)25)8-15(14)9-21-17/h6-11,19,26H,4-5H2,1-3H3,(H,23,24,25)/t19-/m1/s1. The van der Waals surface area contributed by atoms with Crippen molar-refractivity contribution < 1.29 is 9.90 Å². The number of anilines is 1. The quantitative estimate of drug-likeness (QED) is 0.731. The molecule has 0 radical (unpaired) electrons. The van der Waals surface area contributed by atoms with Crippen molar-refractivity contribution >= 4 is 22.5 Å². The Morgan fingerprint density at radius 1 is 1.12 bits per heavy atom. The van der Waals surface area contributed by atoms with Gasteiger partial charge in [0.2, 0.25) is 5.91 Å². The minimum atomic E-state index is -0.534. The summed E-state index contributed by atoms with van der Waals surface area (Å²) < 4.78 is 0. The van der Waals surface area contributed by atoms with Gasteiger partial charge in [0.15, 0.2) is 0 Å². The lowest BCUT2D eigenvalue weighted by Gasteiger charge is -2.12. The maximum Gasteiger partial charge on any atom is 0.222 e. The number of fused-ring (bicyclic) bond motifs is 1. The van der Waals surface area contributed by atoms with Crippen LogP contribution in [0.1, 0.15) is 44.1 Å². The molecule has 0 aliphatic rings. The van der Waals surface area contributed by atoms with Crippen molar-refractivity contribution in [1.82, 2.24) is 15.0 Å². The maximum absolute atomic E-state index is 11.2. The lowest BCUT2D eigenvalue weighted by atomic mass is 10.0. The summed E-state index contributed by atoms with van der Waals surface area (Å²) in [5.74, 6) is 0.347. The fraction of sp³-hybridized carbons (Fsp3) is 0.300. The van der Waals surface area contributed by atoms with Gasteiger partial charge < -0.3 is 10.4 Å². The van der Waals surface area contributed by atoms with Crippen LogP contribution >= 0.6 is 0 Å². The molecule has 0 aliphatic carbocycles. The van der Waals surface area contributed by atoms with Gasteiger partial charge >= 0.3 is 0 Å². The summed E-state index contributed by atoms with van der Waals surface area (Å²) in [5.41, 5.74) is 3.42. The van der Waals surface area contributed by atoms with Crippen LogP contribution in [0.2, 0.25) is 0 Å². The molecular weight excluding hydrogens is 328 g/mol. The van der Waals surface area contributed by atoms with Crippen molar-refractivity contribution in [1.29, 1.82) is 0 Å². The molecule has 3 rings (SSSR count). The minimum absolute atomic E-state index is 0.159. The van der Waals surface area contributed by atoms with E-state index in [4.69, 9.17) is 0 Å². The van der Waals surface area contributed by atoms with Crippen molar-refractivity contribution in [3.05, 3.63) is 48.0 Å². The fourth-order valence-electron chi connectivity index (χ4n) is 2.88. The van der Waals surface area contributed by atoms with E-state index < -0.39 is 6.10 Å². The van der Waals surface area contributed by atoms with E-state index >= 15 is 0 Å². The average Bonchev–Trinajstić information content (AvgIpc) is 2.61. The van der Waals surface area contributed by atoms with Crippen LogP contribution in [0.4, 0.5) is 5.82 Å². The second-order valence-electron chi connectivity index (χ2n) is 6.40. The number of carbonyl (C=O) groups is 1. The maximum atomic E-state index is 11.2. The highest BCUT2D eigenvalue weighted by Gasteiger charge is 2.12. The van der Waals surface area contributed by atoms with Gasteiger partial charge in [-0.05, 0) is 37.1 Å². The Morgan fingerprint density at radius 3 is 2.54 bits per heavy atom. The Hall–Kier alpha value is -2.86. The molecule has 0 bridgehead atoms. The van der Waals surface area contributed by atoms with Crippen LogP contribution in [0.5, 0.6) is 0 Å². The number of aromatic nitrogens is 3. The Kier molecular flexibility index (Phi) is 5.23. The summed E-state index contributed by atoms with van der Waals surface area (Å²) in [6.07, 6.45) is 6.31. The number of aliphatic hydroxyl groups is 1. The molecule has 0 saturated heterocycles. The van der Waals surface area contributed by atoms with Crippen LogP contribution in [0.15, 0.2) is 36.8 Å². The molecule has 6 nitrogen and oxygen atoms in total. The number of nitrogens with zero attached hydrogens (tertiary/aromatic N) is 3. The zero-order valence-corrected chi connectivity index (χ0v) is 15.2. The van der Waals surface area contributed by atoms with Crippen LogP contribution in [0.3, 0.4) is 0 Å². The third kappa shape index (κ3) is 3.86. The molecule has 1 atom stereocenters. The molecule has 0 fully saturated rings. The first-order valence-corrected chi connectivity index (χ1v) is 8.66. The van der Waals surface area contributed by atoms with Gasteiger partial charge in [0.05, 0.1) is 17.5 Å². The van der Waals surface area contributed by atoms with Gasteiger partial charge in [-0.3, -0.25) is 14.8 Å². The molecule has 0 saturated carbocycles. The Balaban J connectivity index is 1.94. The number of amides is 1. The van der Waals surface area contributed by atoms with E-state index in [2.05, 4.69) is 20.3 Å². The zero-order valence-electron chi connectivity index (χ0n) is 15.2. The molecule has 0 aromatic carbocycles. The summed E-state index contributed by atoms with van der Waals surface area (Å²) in [6, 6.07) is 5.66. The largest absolute Gasteiger partial charge is 0.387 e. The normalized spacial score (nSPS) is 12.2. The number of rotatable bonds is 5. The molecule has 3 aromatic heterocycles. The van der Waals surface area contributed by atoms with Gasteiger partial charge in [-0.2, -0.15) is 0 Å². The molecule has 6 heteroatoms. The molecule has 0 unspecified atom stereocenters. The monoisotopic (exact) mass is 350 g/mol. The first kappa shape index (κ1) is 17.9. The summed E-state index contributed by atoms with van der Waals surface area (Å²) in [5, 5.41) is 14.6. The fourth-order valence-corrected chi connectivity index (χ4v) is 2.88. The summed E-state index contributed by atoms with van der Waals surface area (Å²) in [7, 11) is 0. The molecule has 0 aliphatic heterocycles. The number of nitrogens with one attached hydrogen (secondary N) is 1. The first-order chi connectivity index (χ1) is 12.5. The van der Waals surface area contributed by atoms with E-state index in [1.54, 1.807) is 24.7 Å². The smallest absolute Gasteiger partial charge is 0.222 e. The number of aryl methyl sites for hydroxylation is 1. The third-order valence-corrected chi connectivity index (χ3v) is 4.22. The minimum Gasteiger partial charge on any atom is -0.387 e. The van der Waals surface area contributed by atoms with Crippen molar-refractivity contribution in [3.63, 3.8) is 0 Å². The van der Waals surface area contributed by atoms with Gasteiger partial charge in [0.25, 0.3) is 0 Å². The van der Waals surface area contributed by atoms with Crippen molar-refractivity contribution in [2.45, 2.75) is 39.7 Å². The van der Waals surface area contributed by atoms with Crippen molar-refractivity contribution in [2.24, 2.45) is 0 Å². The van der Waals surface area contributed by atoms with Crippen molar-refractivity contribution in [3.8, 4) is 11.3 Å². The number of hydrogen-bond donors (Lipinski definition) is 2. The van der Waals surface area contributed by atoms with Crippen LogP contribution in [0.25, 0.3) is 22.0 Å². The predicted octanol–water partition coefficient (Wildman–Crippen LogP) is 3.79. The topological polar surface area (TPSA) is 88.0 Å². The van der Waals surface area contributed by atoms with E-state index in [0.717, 1.165) is 34.0 Å². The van der Waals surface area contributed by atoms with Crippen LogP contribution in [-0.4, -0.2) is 26.0 Å². The van der Waals surface area contributed by atoms with E-state index in [0.29, 0.717) is 17.9 Å². The predicted molar refractivity (Wildman–Crippen MR) is 102 cm³/mol. The van der Waals surface area contributed by atoms with Gasteiger partial charge in [0.1, 0.15) is 5.82 Å². The number of aliphatic hydroxyl groups excluding tert-OH is 1. The highest BCUT2D eigenvalue weighted by Crippen LogP contribution is 2.27. The summed E-state index contributed by atoms with van der Waals surface area (Å²) >= 11 is 0. The van der Waals surface area contributed by atoms with Gasteiger partial charge in [-0.25, -0.2) is 4.98 Å². The summed E-state index contributed by atoms with van der Waals surface area (Å²) in [4.78, 5) is 24.3. The third-order valence-electron chi connectivity index (χ3n) is 4.22. The van der Waals surface area contributed by atoms with Gasteiger partial charge in [0, 0.05) is 41.9 Å². The van der Waals surface area contributed by atoms with Crippen molar-refractivity contribution in [2.75, 3.05) is 5.32 Å². The molecular formula is C20H22N4O2. The molecule has 1 amide bonds. The molecule has 134 valence electrons. The molecule has 0 spiro atoms. The van der Waals surface area contributed by atoms with Gasteiger partial charge in [-0.15, -0.1) is 0 Å². The SMILES string of the molecule is CCC[C@@H](O)c1cc(C)c(-c2cc3cnc(NC(C)=O)cc3cn2)cn1. The molecule has 3 aromatic rings. The van der Waals surface area contributed by atoms with E-state index in [-0.39, 0.29) is 5.91 Å². The highest BCUT2D eigenvalue weighted by atomic mass is 16.3. The molecule has 26 heavy (non-hydrogen) atoms. The Bertz CT molecular complexity index is 956. The van der Waals surface area contributed by atoms with E-state index in [9.17, 15) is 9.90 Å². The molecule has 2 N–H and O–H groups in total. The van der Waals surface area contributed by atoms with Crippen LogP contribution in [-0.2, 0) is 4.79 Å². The van der Waals surface area contributed by atoms with Gasteiger partial charge in [-0.1, -0.05) is 13.3 Å².